The Morgan fingerprint density at radius 1 is 1.23 bits per heavy atom. The number of hydrogen-bond donors (Lipinski definition) is 1. The van der Waals surface area contributed by atoms with Crippen molar-refractivity contribution in [2.75, 3.05) is 24.5 Å². The van der Waals surface area contributed by atoms with E-state index in [9.17, 15) is 4.79 Å². The normalized spacial score (nSPS) is 17.0. The summed E-state index contributed by atoms with van der Waals surface area (Å²) < 4.78 is 7.48. The maximum absolute atomic E-state index is 12.7. The van der Waals surface area contributed by atoms with Gasteiger partial charge < -0.3 is 19.0 Å². The Morgan fingerprint density at radius 2 is 2.10 bits per heavy atom. The third-order valence-electron chi connectivity index (χ3n) is 5.40. The van der Waals surface area contributed by atoms with Crippen LogP contribution >= 0.6 is 0 Å². The minimum atomic E-state index is -0.456. The Morgan fingerprint density at radius 3 is 2.93 bits per heavy atom. The summed E-state index contributed by atoms with van der Waals surface area (Å²) in [5.74, 6) is 0.789. The zero-order valence-electron chi connectivity index (χ0n) is 16.9. The summed E-state index contributed by atoms with van der Waals surface area (Å²) in [6.07, 6.45) is 5.61. The van der Waals surface area contributed by atoms with E-state index in [4.69, 9.17) is 4.42 Å². The van der Waals surface area contributed by atoms with Crippen LogP contribution in [0.1, 0.15) is 11.4 Å². The summed E-state index contributed by atoms with van der Waals surface area (Å²) in [6, 6.07) is 5.89. The molecule has 0 bridgehead atoms. The molecule has 0 radical (unpaired) electrons. The number of nitrogens with zero attached hydrogens (tertiary/aromatic N) is 5. The van der Waals surface area contributed by atoms with E-state index in [0.717, 1.165) is 47.9 Å². The van der Waals surface area contributed by atoms with Crippen molar-refractivity contribution in [2.24, 2.45) is 0 Å². The molecular formula is C22H22N6O2. The molecule has 30 heavy (non-hydrogen) atoms. The lowest BCUT2D eigenvalue weighted by Crippen LogP contribution is -2.50. The van der Waals surface area contributed by atoms with Crippen LogP contribution in [0.2, 0.25) is 0 Å². The molecule has 1 atom stereocenters. The van der Waals surface area contributed by atoms with Crippen molar-refractivity contribution in [1.82, 2.24) is 24.7 Å². The van der Waals surface area contributed by atoms with Gasteiger partial charge in [0.15, 0.2) is 5.65 Å². The van der Waals surface area contributed by atoms with Crippen molar-refractivity contribution in [3.8, 4) is 11.3 Å². The van der Waals surface area contributed by atoms with E-state index in [2.05, 4.69) is 31.7 Å². The number of pyridine rings is 1. The van der Waals surface area contributed by atoms with Gasteiger partial charge in [0.05, 0.1) is 22.6 Å². The first-order chi connectivity index (χ1) is 14.5. The van der Waals surface area contributed by atoms with Gasteiger partial charge in [0, 0.05) is 43.5 Å². The van der Waals surface area contributed by atoms with Gasteiger partial charge in [-0.2, -0.15) is 4.98 Å². The first kappa shape index (κ1) is 18.5. The topological polar surface area (TPSA) is 88.6 Å². The second-order valence-corrected chi connectivity index (χ2v) is 7.58. The predicted molar refractivity (Wildman–Crippen MR) is 116 cm³/mol. The van der Waals surface area contributed by atoms with Gasteiger partial charge in [-0.25, -0.2) is 9.78 Å². The number of nitrogens with one attached hydrogen (secondary N) is 1. The molecule has 8 nitrogen and oxygen atoms in total. The number of fused-ring (bicyclic) bond motifs is 2. The second kappa shape index (κ2) is 7.07. The van der Waals surface area contributed by atoms with Gasteiger partial charge in [0.2, 0.25) is 5.71 Å². The maximum Gasteiger partial charge on any atom is 0.347 e. The van der Waals surface area contributed by atoms with E-state index in [1.807, 2.05) is 48.9 Å². The van der Waals surface area contributed by atoms with Gasteiger partial charge in [0.25, 0.3) is 0 Å². The molecule has 5 rings (SSSR count). The lowest BCUT2D eigenvalue weighted by Gasteiger charge is -2.33. The van der Waals surface area contributed by atoms with E-state index in [1.54, 1.807) is 6.07 Å². The highest BCUT2D eigenvalue weighted by Gasteiger charge is 2.19. The fourth-order valence-corrected chi connectivity index (χ4v) is 3.92. The number of aromatic nitrogens is 4. The smallest absolute Gasteiger partial charge is 0.347 e. The van der Waals surface area contributed by atoms with Gasteiger partial charge in [-0.05, 0) is 32.0 Å². The Hall–Kier alpha value is -3.52. The van der Waals surface area contributed by atoms with Gasteiger partial charge in [0.1, 0.15) is 5.82 Å². The molecule has 0 saturated carbocycles. The predicted octanol–water partition coefficient (Wildman–Crippen LogP) is 2.48. The van der Waals surface area contributed by atoms with Crippen LogP contribution in [0.15, 0.2) is 52.5 Å². The molecule has 5 heterocycles. The fraction of sp³-hybridized carbons (Fsp3) is 0.273. The SMILES string of the molecule is C=C[C@H]1CN(c2ccc3cc(-c4cn5cc(C)nc(C)c5n4)c(=O)oc3n2)CCN1. The average molecular weight is 402 g/mol. The first-order valence-corrected chi connectivity index (χ1v) is 9.91. The summed E-state index contributed by atoms with van der Waals surface area (Å²) >= 11 is 0. The lowest BCUT2D eigenvalue weighted by atomic mass is 10.1. The van der Waals surface area contributed by atoms with E-state index in [-0.39, 0.29) is 6.04 Å². The zero-order chi connectivity index (χ0) is 20.8. The number of rotatable bonds is 3. The van der Waals surface area contributed by atoms with Crippen molar-refractivity contribution in [3.05, 3.63) is 65.1 Å². The van der Waals surface area contributed by atoms with Crippen LogP contribution in [0.3, 0.4) is 0 Å². The molecule has 1 fully saturated rings. The van der Waals surface area contributed by atoms with Crippen molar-refractivity contribution >= 4 is 22.6 Å². The second-order valence-electron chi connectivity index (χ2n) is 7.58. The van der Waals surface area contributed by atoms with Crippen LogP contribution in [0, 0.1) is 13.8 Å². The Labute approximate surface area is 172 Å². The zero-order valence-corrected chi connectivity index (χ0v) is 16.9. The van der Waals surface area contributed by atoms with Gasteiger partial charge in [-0.1, -0.05) is 6.08 Å². The van der Waals surface area contributed by atoms with Crippen LogP contribution < -0.4 is 15.8 Å². The number of aryl methyl sites for hydroxylation is 2. The summed E-state index contributed by atoms with van der Waals surface area (Å²) in [5.41, 5.74) is 3.26. The lowest BCUT2D eigenvalue weighted by molar-refractivity contribution is 0.512. The molecule has 0 unspecified atom stereocenters. The van der Waals surface area contributed by atoms with Crippen molar-refractivity contribution in [1.29, 1.82) is 0 Å². The summed E-state index contributed by atoms with van der Waals surface area (Å²) in [5, 5.41) is 4.14. The van der Waals surface area contributed by atoms with Crippen molar-refractivity contribution in [2.45, 2.75) is 19.9 Å². The average Bonchev–Trinajstić information content (AvgIpc) is 3.17. The molecule has 1 aliphatic rings. The maximum atomic E-state index is 12.7. The molecule has 4 aromatic rings. The van der Waals surface area contributed by atoms with E-state index >= 15 is 0 Å². The molecular weight excluding hydrogens is 380 g/mol. The molecule has 0 spiro atoms. The first-order valence-electron chi connectivity index (χ1n) is 9.91. The summed E-state index contributed by atoms with van der Waals surface area (Å²) in [7, 11) is 0. The Bertz CT molecular complexity index is 1340. The van der Waals surface area contributed by atoms with Crippen LogP contribution in [-0.2, 0) is 0 Å². The van der Waals surface area contributed by atoms with Crippen LogP contribution in [0.5, 0.6) is 0 Å². The molecule has 1 N–H and O–H groups in total. The largest absolute Gasteiger partial charge is 0.403 e. The molecule has 0 amide bonds. The monoisotopic (exact) mass is 402 g/mol. The highest BCUT2D eigenvalue weighted by Crippen LogP contribution is 2.23. The van der Waals surface area contributed by atoms with Gasteiger partial charge in [-0.15, -0.1) is 6.58 Å². The van der Waals surface area contributed by atoms with Crippen LogP contribution in [0.4, 0.5) is 5.82 Å². The molecule has 4 aromatic heterocycles. The highest BCUT2D eigenvalue weighted by molar-refractivity contribution is 5.80. The van der Waals surface area contributed by atoms with Crippen LogP contribution in [-0.4, -0.2) is 45.0 Å². The Balaban J connectivity index is 1.55. The fourth-order valence-electron chi connectivity index (χ4n) is 3.92. The summed E-state index contributed by atoms with van der Waals surface area (Å²) in [4.78, 5) is 28.5. The quantitative estimate of drug-likeness (QED) is 0.527. The minimum Gasteiger partial charge on any atom is -0.403 e. The van der Waals surface area contributed by atoms with E-state index in [1.165, 1.54) is 0 Å². The molecule has 152 valence electrons. The third kappa shape index (κ3) is 3.15. The van der Waals surface area contributed by atoms with E-state index in [0.29, 0.717) is 17.0 Å². The number of piperazine rings is 1. The number of hydrogen-bond acceptors (Lipinski definition) is 7. The van der Waals surface area contributed by atoms with E-state index < -0.39 is 5.63 Å². The Kier molecular flexibility index (Phi) is 4.36. The van der Waals surface area contributed by atoms with Crippen molar-refractivity contribution in [3.63, 3.8) is 0 Å². The number of imidazole rings is 1. The molecule has 1 aliphatic heterocycles. The molecule has 8 heteroatoms. The molecule has 0 aliphatic carbocycles. The minimum absolute atomic E-state index is 0.210. The number of anilines is 1. The standard InChI is InChI=1S/C22H22N6O2/c1-4-16-11-27(8-7-23-16)19-6-5-15-9-17(22(29)30-21(15)26-19)18-12-28-10-13(2)24-14(3)20(28)25-18/h4-6,9-10,12,16,23H,1,7-8,11H2,2-3H3/t16-/m0/s1. The van der Waals surface area contributed by atoms with Gasteiger partial charge >= 0.3 is 5.63 Å². The van der Waals surface area contributed by atoms with Gasteiger partial charge in [-0.3, -0.25) is 4.98 Å². The highest BCUT2D eigenvalue weighted by atomic mass is 16.4. The summed E-state index contributed by atoms with van der Waals surface area (Å²) in [6.45, 7) is 10.1. The van der Waals surface area contributed by atoms with Crippen LogP contribution in [0.25, 0.3) is 28.0 Å². The molecule has 1 saturated heterocycles. The molecule has 0 aromatic carbocycles. The third-order valence-corrected chi connectivity index (χ3v) is 5.40. The van der Waals surface area contributed by atoms with Crippen molar-refractivity contribution < 1.29 is 4.42 Å².